The van der Waals surface area contributed by atoms with E-state index in [0.29, 0.717) is 30.5 Å². The third kappa shape index (κ3) is 8.54. The smallest absolute Gasteiger partial charge is 0.0700 e. The molecule has 98 valence electrons. The SMILES string of the molecule is CC(C)COCCOCC(CBr)C(C)(C)C. The zero-order valence-corrected chi connectivity index (χ0v) is 13.0. The van der Waals surface area contributed by atoms with Gasteiger partial charge in [0.05, 0.1) is 19.8 Å². The molecule has 1 unspecified atom stereocenters. The fourth-order valence-corrected chi connectivity index (χ4v) is 2.35. The minimum atomic E-state index is 0.294. The minimum absolute atomic E-state index is 0.294. The fraction of sp³-hybridized carbons (Fsp3) is 1.00. The van der Waals surface area contributed by atoms with Crippen LogP contribution >= 0.6 is 15.9 Å². The van der Waals surface area contributed by atoms with Crippen LogP contribution in [0.25, 0.3) is 0 Å². The van der Waals surface area contributed by atoms with Crippen LogP contribution in [0.1, 0.15) is 34.6 Å². The molecule has 0 N–H and O–H groups in total. The Balaban J connectivity index is 3.50. The molecule has 1 atom stereocenters. The summed E-state index contributed by atoms with van der Waals surface area (Å²) >= 11 is 3.54. The van der Waals surface area contributed by atoms with Crippen LogP contribution in [0.15, 0.2) is 0 Å². The molecule has 0 radical (unpaired) electrons. The highest BCUT2D eigenvalue weighted by Crippen LogP contribution is 2.27. The van der Waals surface area contributed by atoms with Crippen molar-refractivity contribution in [2.75, 3.05) is 31.8 Å². The van der Waals surface area contributed by atoms with Crippen molar-refractivity contribution < 1.29 is 9.47 Å². The number of halogens is 1. The maximum absolute atomic E-state index is 5.64. The Kier molecular flexibility index (Phi) is 8.70. The fourth-order valence-electron chi connectivity index (χ4n) is 1.19. The van der Waals surface area contributed by atoms with Gasteiger partial charge in [0, 0.05) is 11.9 Å². The van der Waals surface area contributed by atoms with E-state index in [2.05, 4.69) is 50.5 Å². The van der Waals surface area contributed by atoms with Crippen molar-refractivity contribution in [2.45, 2.75) is 34.6 Å². The van der Waals surface area contributed by atoms with Gasteiger partial charge in [-0.1, -0.05) is 50.5 Å². The maximum atomic E-state index is 5.64. The zero-order valence-electron chi connectivity index (χ0n) is 11.4. The van der Waals surface area contributed by atoms with E-state index in [-0.39, 0.29) is 0 Å². The van der Waals surface area contributed by atoms with Crippen LogP contribution in [0.5, 0.6) is 0 Å². The minimum Gasteiger partial charge on any atom is -0.379 e. The third-order valence-corrected chi connectivity index (χ3v) is 3.33. The van der Waals surface area contributed by atoms with Gasteiger partial charge in [0.15, 0.2) is 0 Å². The van der Waals surface area contributed by atoms with Gasteiger partial charge in [0.25, 0.3) is 0 Å². The summed E-state index contributed by atoms with van der Waals surface area (Å²) in [6.45, 7) is 14.1. The number of hydrogen-bond donors (Lipinski definition) is 0. The molecule has 0 saturated heterocycles. The predicted octanol–water partition coefficient (Wildman–Crippen LogP) is 3.73. The Morgan fingerprint density at radius 2 is 1.50 bits per heavy atom. The van der Waals surface area contributed by atoms with Crippen molar-refractivity contribution in [1.29, 1.82) is 0 Å². The highest BCUT2D eigenvalue weighted by atomic mass is 79.9. The molecular formula is C13H27BrO2. The lowest BCUT2D eigenvalue weighted by molar-refractivity contribution is 0.0132. The second-order valence-electron chi connectivity index (χ2n) is 5.76. The molecule has 0 heterocycles. The molecule has 3 heteroatoms. The summed E-state index contributed by atoms with van der Waals surface area (Å²) in [4.78, 5) is 0. The monoisotopic (exact) mass is 294 g/mol. The second-order valence-corrected chi connectivity index (χ2v) is 6.41. The Morgan fingerprint density at radius 1 is 1.00 bits per heavy atom. The van der Waals surface area contributed by atoms with E-state index in [9.17, 15) is 0 Å². The molecule has 0 aromatic heterocycles. The molecule has 0 bridgehead atoms. The predicted molar refractivity (Wildman–Crippen MR) is 73.2 cm³/mol. The Labute approximate surface area is 109 Å². The van der Waals surface area contributed by atoms with Crippen LogP contribution < -0.4 is 0 Å². The van der Waals surface area contributed by atoms with Gasteiger partial charge in [-0.25, -0.2) is 0 Å². The van der Waals surface area contributed by atoms with E-state index in [1.165, 1.54) is 0 Å². The summed E-state index contributed by atoms with van der Waals surface area (Å²) in [5.74, 6) is 1.16. The summed E-state index contributed by atoms with van der Waals surface area (Å²) in [5.41, 5.74) is 0.294. The van der Waals surface area contributed by atoms with Crippen molar-refractivity contribution in [3.8, 4) is 0 Å². The van der Waals surface area contributed by atoms with Gasteiger partial charge in [-0.2, -0.15) is 0 Å². The van der Waals surface area contributed by atoms with Gasteiger partial charge in [0.1, 0.15) is 0 Å². The van der Waals surface area contributed by atoms with Crippen molar-refractivity contribution in [2.24, 2.45) is 17.3 Å². The molecule has 16 heavy (non-hydrogen) atoms. The lowest BCUT2D eigenvalue weighted by Gasteiger charge is -2.28. The first-order chi connectivity index (χ1) is 7.38. The first-order valence-electron chi connectivity index (χ1n) is 6.09. The standard InChI is InChI=1S/C13H27BrO2/c1-11(2)9-15-6-7-16-10-12(8-14)13(3,4)5/h11-12H,6-10H2,1-5H3. The molecule has 0 aliphatic rings. The molecule has 0 aliphatic heterocycles. The number of alkyl halides is 1. The van der Waals surface area contributed by atoms with Crippen LogP contribution in [-0.4, -0.2) is 31.8 Å². The molecule has 0 amide bonds. The summed E-state index contributed by atoms with van der Waals surface area (Å²) in [6, 6.07) is 0. The van der Waals surface area contributed by atoms with Gasteiger partial charge < -0.3 is 9.47 Å². The summed E-state index contributed by atoms with van der Waals surface area (Å²) in [6.07, 6.45) is 0. The van der Waals surface area contributed by atoms with E-state index in [1.807, 2.05) is 0 Å². The lowest BCUT2D eigenvalue weighted by Crippen LogP contribution is -2.27. The van der Waals surface area contributed by atoms with Gasteiger partial charge in [-0.3, -0.25) is 0 Å². The number of ether oxygens (including phenoxy) is 2. The highest BCUT2D eigenvalue weighted by molar-refractivity contribution is 9.09. The molecule has 0 spiro atoms. The number of hydrogen-bond acceptors (Lipinski definition) is 2. The van der Waals surface area contributed by atoms with E-state index in [0.717, 1.165) is 18.5 Å². The van der Waals surface area contributed by atoms with Crippen LogP contribution in [0, 0.1) is 17.3 Å². The van der Waals surface area contributed by atoms with E-state index in [1.54, 1.807) is 0 Å². The Morgan fingerprint density at radius 3 is 1.88 bits per heavy atom. The van der Waals surface area contributed by atoms with Crippen molar-refractivity contribution in [1.82, 2.24) is 0 Å². The lowest BCUT2D eigenvalue weighted by atomic mass is 9.83. The molecular weight excluding hydrogens is 268 g/mol. The first kappa shape index (κ1) is 16.4. The summed E-state index contributed by atoms with van der Waals surface area (Å²) < 4.78 is 11.1. The van der Waals surface area contributed by atoms with Gasteiger partial charge in [0.2, 0.25) is 0 Å². The molecule has 0 rings (SSSR count). The Bertz CT molecular complexity index is 164. The molecule has 0 saturated carbocycles. The molecule has 0 fully saturated rings. The topological polar surface area (TPSA) is 18.5 Å². The second kappa shape index (κ2) is 8.48. The Hall–Kier alpha value is 0.400. The largest absolute Gasteiger partial charge is 0.379 e. The average molecular weight is 295 g/mol. The maximum Gasteiger partial charge on any atom is 0.0700 e. The zero-order chi connectivity index (χ0) is 12.6. The van der Waals surface area contributed by atoms with E-state index in [4.69, 9.17) is 9.47 Å². The van der Waals surface area contributed by atoms with Crippen molar-refractivity contribution in [3.63, 3.8) is 0 Å². The third-order valence-electron chi connectivity index (χ3n) is 2.55. The van der Waals surface area contributed by atoms with Crippen LogP contribution in [0.2, 0.25) is 0 Å². The molecule has 0 aliphatic carbocycles. The van der Waals surface area contributed by atoms with Gasteiger partial charge in [-0.05, 0) is 17.3 Å². The average Bonchev–Trinajstić information content (AvgIpc) is 2.14. The highest BCUT2D eigenvalue weighted by Gasteiger charge is 2.23. The van der Waals surface area contributed by atoms with Crippen LogP contribution in [0.3, 0.4) is 0 Å². The first-order valence-corrected chi connectivity index (χ1v) is 7.21. The quantitative estimate of drug-likeness (QED) is 0.502. The summed E-state index contributed by atoms with van der Waals surface area (Å²) in [7, 11) is 0. The summed E-state index contributed by atoms with van der Waals surface area (Å²) in [5, 5.41) is 0.989. The normalized spacial score (nSPS) is 14.4. The van der Waals surface area contributed by atoms with E-state index < -0.39 is 0 Å². The van der Waals surface area contributed by atoms with Crippen molar-refractivity contribution in [3.05, 3.63) is 0 Å². The van der Waals surface area contributed by atoms with Crippen LogP contribution in [0.4, 0.5) is 0 Å². The van der Waals surface area contributed by atoms with Crippen molar-refractivity contribution >= 4 is 15.9 Å². The number of rotatable bonds is 8. The van der Waals surface area contributed by atoms with Gasteiger partial charge in [-0.15, -0.1) is 0 Å². The molecule has 2 nitrogen and oxygen atoms in total. The molecule has 0 aromatic carbocycles. The molecule has 0 aromatic rings. The van der Waals surface area contributed by atoms with Gasteiger partial charge >= 0.3 is 0 Å². The van der Waals surface area contributed by atoms with E-state index >= 15 is 0 Å². The van der Waals surface area contributed by atoms with Crippen LogP contribution in [-0.2, 0) is 9.47 Å².